The van der Waals surface area contributed by atoms with Gasteiger partial charge in [-0.3, -0.25) is 4.79 Å². The summed E-state index contributed by atoms with van der Waals surface area (Å²) in [5.41, 5.74) is -0.121. The first-order chi connectivity index (χ1) is 12.1. The lowest BCUT2D eigenvalue weighted by Gasteiger charge is -2.23. The number of hydrogen-bond acceptors (Lipinski definition) is 4. The number of alkyl halides is 3. The molecule has 3 rings (SSSR count). The molecule has 2 aliphatic heterocycles. The van der Waals surface area contributed by atoms with Crippen LogP contribution in [-0.4, -0.2) is 56.5 Å². The molecule has 2 saturated heterocycles. The van der Waals surface area contributed by atoms with E-state index in [9.17, 15) is 26.4 Å². The third kappa shape index (κ3) is 4.36. The Morgan fingerprint density at radius 3 is 2.69 bits per heavy atom. The second-order valence-corrected chi connectivity index (χ2v) is 8.55. The van der Waals surface area contributed by atoms with Crippen LogP contribution in [0.25, 0.3) is 0 Å². The van der Waals surface area contributed by atoms with Crippen molar-refractivity contribution in [3.05, 3.63) is 29.8 Å². The average Bonchev–Trinajstić information content (AvgIpc) is 2.90. The Morgan fingerprint density at radius 2 is 1.96 bits per heavy atom. The number of hydrogen-bond donors (Lipinski definition) is 2. The molecule has 2 fully saturated rings. The molecule has 6 nitrogen and oxygen atoms in total. The van der Waals surface area contributed by atoms with Gasteiger partial charge in [0.1, 0.15) is 6.54 Å². The predicted molar refractivity (Wildman–Crippen MR) is 88.2 cm³/mol. The van der Waals surface area contributed by atoms with E-state index >= 15 is 0 Å². The van der Waals surface area contributed by atoms with Crippen molar-refractivity contribution in [2.45, 2.75) is 42.4 Å². The van der Waals surface area contributed by atoms with Gasteiger partial charge in [0.15, 0.2) is 0 Å². The zero-order valence-electron chi connectivity index (χ0n) is 13.9. The van der Waals surface area contributed by atoms with Crippen molar-refractivity contribution in [1.82, 2.24) is 14.9 Å². The second kappa shape index (κ2) is 7.16. The number of sulfonamides is 1. The highest BCUT2D eigenvalue weighted by Crippen LogP contribution is 2.25. The molecule has 2 heterocycles. The Bertz CT molecular complexity index is 782. The minimum atomic E-state index is -4.53. The van der Waals surface area contributed by atoms with Gasteiger partial charge < -0.3 is 10.6 Å². The smallest absolute Gasteiger partial charge is 0.343 e. The normalized spacial score (nSPS) is 24.3. The van der Waals surface area contributed by atoms with Crippen LogP contribution < -0.4 is 10.6 Å². The molecule has 2 unspecified atom stereocenters. The van der Waals surface area contributed by atoms with Crippen molar-refractivity contribution in [3.8, 4) is 0 Å². The standard InChI is InChI=1S/C16H20F3N3O3S/c17-16(18,19)10-20-15(23)11-2-1-3-14(8-11)26(24,25)22-7-6-12-4-5-13(9-22)21-12/h1-3,8,12-13,21H,4-7,9-10H2,(H,20,23). The molecule has 0 radical (unpaired) electrons. The van der Waals surface area contributed by atoms with Crippen molar-refractivity contribution in [3.63, 3.8) is 0 Å². The van der Waals surface area contributed by atoms with E-state index in [1.165, 1.54) is 22.5 Å². The van der Waals surface area contributed by atoms with Crippen LogP contribution in [-0.2, 0) is 10.0 Å². The highest BCUT2D eigenvalue weighted by atomic mass is 32.2. The minimum Gasteiger partial charge on any atom is -0.343 e. The van der Waals surface area contributed by atoms with Crippen LogP contribution >= 0.6 is 0 Å². The number of nitrogens with zero attached hydrogens (tertiary/aromatic N) is 1. The number of rotatable bonds is 4. The summed E-state index contributed by atoms with van der Waals surface area (Å²) in [6.07, 6.45) is -1.87. The van der Waals surface area contributed by atoms with Crippen molar-refractivity contribution < 1.29 is 26.4 Å². The number of benzene rings is 1. The highest BCUT2D eigenvalue weighted by Gasteiger charge is 2.35. The van der Waals surface area contributed by atoms with Gasteiger partial charge in [0.2, 0.25) is 10.0 Å². The van der Waals surface area contributed by atoms with E-state index < -0.39 is 28.7 Å². The molecule has 10 heteroatoms. The second-order valence-electron chi connectivity index (χ2n) is 6.62. The van der Waals surface area contributed by atoms with Crippen LogP contribution in [0.15, 0.2) is 29.2 Å². The molecule has 1 aromatic carbocycles. The number of carbonyl (C=O) groups is 1. The molecule has 0 saturated carbocycles. The molecule has 1 amide bonds. The summed E-state index contributed by atoms with van der Waals surface area (Å²) in [4.78, 5) is 11.8. The molecule has 0 aromatic heterocycles. The Hall–Kier alpha value is -1.65. The third-order valence-electron chi connectivity index (χ3n) is 4.67. The number of nitrogens with one attached hydrogen (secondary N) is 2. The lowest BCUT2D eigenvalue weighted by atomic mass is 10.1. The summed E-state index contributed by atoms with van der Waals surface area (Å²) in [5, 5.41) is 5.14. The van der Waals surface area contributed by atoms with Gasteiger partial charge in [0.05, 0.1) is 4.90 Å². The third-order valence-corrected chi connectivity index (χ3v) is 6.53. The summed E-state index contributed by atoms with van der Waals surface area (Å²) >= 11 is 0. The van der Waals surface area contributed by atoms with E-state index in [1.807, 2.05) is 0 Å². The fraction of sp³-hybridized carbons (Fsp3) is 0.562. The van der Waals surface area contributed by atoms with E-state index in [1.54, 1.807) is 5.32 Å². The zero-order chi connectivity index (χ0) is 18.9. The SMILES string of the molecule is O=C(NCC(F)(F)F)c1cccc(S(=O)(=O)N2CCC3CCC(C2)N3)c1. The van der Waals surface area contributed by atoms with Crippen LogP contribution in [0.4, 0.5) is 13.2 Å². The van der Waals surface area contributed by atoms with E-state index in [0.717, 1.165) is 18.9 Å². The van der Waals surface area contributed by atoms with Crippen LogP contribution in [0.3, 0.4) is 0 Å². The van der Waals surface area contributed by atoms with Crippen LogP contribution in [0.1, 0.15) is 29.6 Å². The summed E-state index contributed by atoms with van der Waals surface area (Å²) in [7, 11) is -3.82. The molecule has 144 valence electrons. The fourth-order valence-electron chi connectivity index (χ4n) is 3.36. The van der Waals surface area contributed by atoms with E-state index in [0.29, 0.717) is 25.6 Å². The van der Waals surface area contributed by atoms with E-state index in [4.69, 9.17) is 0 Å². The molecule has 0 aliphatic carbocycles. The largest absolute Gasteiger partial charge is 0.405 e. The molecular formula is C16H20F3N3O3S. The van der Waals surface area contributed by atoms with Crippen LogP contribution in [0.5, 0.6) is 0 Å². The highest BCUT2D eigenvalue weighted by molar-refractivity contribution is 7.89. The molecule has 2 aliphatic rings. The quantitative estimate of drug-likeness (QED) is 0.815. The fourth-order valence-corrected chi connectivity index (χ4v) is 4.91. The number of halogens is 3. The first kappa shape index (κ1) is 19.1. The van der Waals surface area contributed by atoms with E-state index in [-0.39, 0.29) is 16.5 Å². The molecule has 1 aromatic rings. The molecular weight excluding hydrogens is 371 g/mol. The van der Waals surface area contributed by atoms with Crippen molar-refractivity contribution in [2.24, 2.45) is 0 Å². The maximum absolute atomic E-state index is 12.9. The monoisotopic (exact) mass is 391 g/mol. The molecule has 26 heavy (non-hydrogen) atoms. The first-order valence-corrected chi connectivity index (χ1v) is 9.80. The van der Waals surface area contributed by atoms with Gasteiger partial charge in [0, 0.05) is 30.7 Å². The molecule has 2 bridgehead atoms. The molecule has 2 N–H and O–H groups in total. The number of carbonyl (C=O) groups excluding carboxylic acids is 1. The van der Waals surface area contributed by atoms with Crippen LogP contribution in [0.2, 0.25) is 0 Å². The Balaban J connectivity index is 1.77. The van der Waals surface area contributed by atoms with Gasteiger partial charge in [-0.25, -0.2) is 8.42 Å². The molecule has 2 atom stereocenters. The number of amides is 1. The van der Waals surface area contributed by atoms with Gasteiger partial charge in [-0.2, -0.15) is 17.5 Å². The van der Waals surface area contributed by atoms with Crippen molar-refractivity contribution in [1.29, 1.82) is 0 Å². The minimum absolute atomic E-state index is 0.0880. The van der Waals surface area contributed by atoms with Gasteiger partial charge in [-0.15, -0.1) is 0 Å². The summed E-state index contributed by atoms with van der Waals surface area (Å²) in [6.45, 7) is -0.742. The predicted octanol–water partition coefficient (Wildman–Crippen LogP) is 1.49. The Morgan fingerprint density at radius 1 is 1.23 bits per heavy atom. The van der Waals surface area contributed by atoms with Crippen molar-refractivity contribution in [2.75, 3.05) is 19.6 Å². The Kier molecular flexibility index (Phi) is 5.27. The van der Waals surface area contributed by atoms with E-state index in [2.05, 4.69) is 5.32 Å². The zero-order valence-corrected chi connectivity index (χ0v) is 14.7. The summed E-state index contributed by atoms with van der Waals surface area (Å²) < 4.78 is 63.9. The van der Waals surface area contributed by atoms with Crippen LogP contribution in [0, 0.1) is 0 Å². The lowest BCUT2D eigenvalue weighted by Crippen LogP contribution is -2.39. The lowest BCUT2D eigenvalue weighted by molar-refractivity contribution is -0.123. The Labute approximate surface area is 149 Å². The van der Waals surface area contributed by atoms with Gasteiger partial charge in [0.25, 0.3) is 5.91 Å². The summed E-state index contributed by atoms with van der Waals surface area (Å²) in [6, 6.07) is 5.55. The number of fused-ring (bicyclic) bond motifs is 2. The topological polar surface area (TPSA) is 78.5 Å². The van der Waals surface area contributed by atoms with Gasteiger partial charge in [-0.05, 0) is 37.5 Å². The average molecular weight is 391 g/mol. The maximum atomic E-state index is 12.9. The molecule has 0 spiro atoms. The maximum Gasteiger partial charge on any atom is 0.405 e. The van der Waals surface area contributed by atoms with Gasteiger partial charge >= 0.3 is 6.18 Å². The van der Waals surface area contributed by atoms with Gasteiger partial charge in [-0.1, -0.05) is 6.07 Å². The summed E-state index contributed by atoms with van der Waals surface area (Å²) in [5.74, 6) is -0.962. The van der Waals surface area contributed by atoms with Crippen molar-refractivity contribution >= 4 is 15.9 Å². The first-order valence-electron chi connectivity index (χ1n) is 8.36.